The summed E-state index contributed by atoms with van der Waals surface area (Å²) in [6.07, 6.45) is 6.07. The number of benzene rings is 2. The minimum atomic E-state index is -0.458. The number of nitrogens with one attached hydrogen (secondary N) is 1. The van der Waals surface area contributed by atoms with Crippen LogP contribution in [-0.2, 0) is 9.53 Å². The zero-order valence-corrected chi connectivity index (χ0v) is 28.7. The van der Waals surface area contributed by atoms with Gasteiger partial charge in [0.25, 0.3) is 5.91 Å². The number of rotatable bonds is 11. The van der Waals surface area contributed by atoms with Gasteiger partial charge in [0, 0.05) is 41.3 Å². The van der Waals surface area contributed by atoms with E-state index < -0.39 is 5.60 Å². The van der Waals surface area contributed by atoms with Crippen molar-refractivity contribution in [2.24, 2.45) is 17.3 Å². The lowest BCUT2D eigenvalue weighted by Crippen LogP contribution is -2.59. The number of piperidine rings is 1. The van der Waals surface area contributed by atoms with Gasteiger partial charge in [0.1, 0.15) is 11.5 Å². The first kappa shape index (κ1) is 34.5. The lowest BCUT2D eigenvalue weighted by atomic mass is 9.71. The van der Waals surface area contributed by atoms with E-state index in [1.165, 1.54) is 25.7 Å². The number of Topliss-reactive ketones (excluding diaryl/α,β-unsaturated/α-hetero) is 1. The third kappa shape index (κ3) is 9.82. The van der Waals surface area contributed by atoms with Gasteiger partial charge in [0.15, 0.2) is 0 Å². The summed E-state index contributed by atoms with van der Waals surface area (Å²) in [5, 5.41) is 13.6. The lowest BCUT2D eigenvalue weighted by molar-refractivity contribution is -0.134. The van der Waals surface area contributed by atoms with Crippen LogP contribution in [0.2, 0.25) is 0 Å². The molecule has 1 amide bonds. The first-order valence-corrected chi connectivity index (χ1v) is 17.4. The van der Waals surface area contributed by atoms with E-state index in [0.29, 0.717) is 47.5 Å². The maximum atomic E-state index is 13.9. The second-order valence-corrected chi connectivity index (χ2v) is 16.2. The van der Waals surface area contributed by atoms with Crippen molar-refractivity contribution in [3.8, 4) is 5.75 Å². The molecule has 4 rings (SSSR count). The first-order valence-electron chi connectivity index (χ1n) is 16.4. The Hall–Kier alpha value is -2.35. The number of phenolic OH excluding ortho intramolecular Hbond substituents is 1. The number of likely N-dealkylation sites (tertiary alicyclic amines) is 1. The second kappa shape index (κ2) is 14.8. The van der Waals surface area contributed by atoms with Crippen LogP contribution >= 0.6 is 11.8 Å². The molecule has 0 aromatic heterocycles. The van der Waals surface area contributed by atoms with E-state index in [-0.39, 0.29) is 35.3 Å². The molecule has 7 heteroatoms. The number of fused-ring (bicyclic) bond motifs is 1. The van der Waals surface area contributed by atoms with Crippen LogP contribution in [0.25, 0.3) is 0 Å². The Bertz CT molecular complexity index is 1250. The standard InChI is InChI=1S/C37H54N2O4S/c1-25-29(18-13-19-32(25)40)35(42)38-30(24-44-28-16-9-8-10-17-28)34(43-37(5,6)7)23-39-22-27-15-12-11-14-26(27)20-31(39)33(41)21-36(2,3)4/h8-10,13,16-19,26-27,30-31,34,40H,11-12,14-15,20-24H2,1-7H3,(H,38,42)/t26-,27+,30-,31-,34+/m0/s1. The van der Waals surface area contributed by atoms with Crippen molar-refractivity contribution in [1.29, 1.82) is 0 Å². The molecule has 2 aromatic rings. The Morgan fingerprint density at radius 1 is 1.00 bits per heavy atom. The summed E-state index contributed by atoms with van der Waals surface area (Å²) in [4.78, 5) is 31.2. The molecule has 2 aliphatic rings. The number of carbonyl (C=O) groups is 2. The molecule has 1 aliphatic carbocycles. The summed E-state index contributed by atoms with van der Waals surface area (Å²) < 4.78 is 6.82. The van der Waals surface area contributed by atoms with Gasteiger partial charge in [0.2, 0.25) is 0 Å². The Kier molecular flexibility index (Phi) is 11.6. The molecule has 2 fully saturated rings. The van der Waals surface area contributed by atoms with Crippen LogP contribution in [0, 0.1) is 24.2 Å². The zero-order valence-electron chi connectivity index (χ0n) is 27.9. The van der Waals surface area contributed by atoms with Gasteiger partial charge in [-0.2, -0.15) is 0 Å². The molecule has 2 aromatic carbocycles. The third-order valence-corrected chi connectivity index (χ3v) is 10.1. The Morgan fingerprint density at radius 3 is 2.34 bits per heavy atom. The van der Waals surface area contributed by atoms with Gasteiger partial charge in [-0.3, -0.25) is 14.5 Å². The molecule has 0 spiro atoms. The van der Waals surface area contributed by atoms with Crippen LogP contribution in [0.1, 0.15) is 96.0 Å². The maximum Gasteiger partial charge on any atom is 0.252 e. The number of aromatic hydroxyl groups is 1. The molecule has 1 aliphatic heterocycles. The Morgan fingerprint density at radius 2 is 1.68 bits per heavy atom. The van der Waals surface area contributed by atoms with Crippen molar-refractivity contribution in [1.82, 2.24) is 10.2 Å². The van der Waals surface area contributed by atoms with Crippen LogP contribution in [0.4, 0.5) is 0 Å². The van der Waals surface area contributed by atoms with Gasteiger partial charge < -0.3 is 15.2 Å². The van der Waals surface area contributed by atoms with Crippen molar-refractivity contribution in [2.75, 3.05) is 18.8 Å². The van der Waals surface area contributed by atoms with Gasteiger partial charge in [-0.1, -0.05) is 64.3 Å². The Balaban J connectivity index is 1.66. The highest BCUT2D eigenvalue weighted by atomic mass is 32.2. The van der Waals surface area contributed by atoms with E-state index in [1.807, 2.05) is 18.2 Å². The fourth-order valence-corrected chi connectivity index (χ4v) is 7.89. The Labute approximate surface area is 269 Å². The van der Waals surface area contributed by atoms with E-state index >= 15 is 0 Å². The van der Waals surface area contributed by atoms with Crippen LogP contribution < -0.4 is 5.32 Å². The molecule has 0 radical (unpaired) electrons. The number of nitrogens with zero attached hydrogens (tertiary/aromatic N) is 1. The highest BCUT2D eigenvalue weighted by Gasteiger charge is 2.42. The molecule has 1 heterocycles. The van der Waals surface area contributed by atoms with Crippen LogP contribution in [0.3, 0.4) is 0 Å². The minimum Gasteiger partial charge on any atom is -0.508 e. The smallest absolute Gasteiger partial charge is 0.252 e. The number of hydrogen-bond donors (Lipinski definition) is 2. The molecule has 242 valence electrons. The summed E-state index contributed by atoms with van der Waals surface area (Å²) in [7, 11) is 0. The van der Waals surface area contributed by atoms with Gasteiger partial charge in [-0.25, -0.2) is 0 Å². The van der Waals surface area contributed by atoms with E-state index in [9.17, 15) is 14.7 Å². The normalized spacial score (nSPS) is 22.6. The molecule has 0 unspecified atom stereocenters. The summed E-state index contributed by atoms with van der Waals surface area (Å²) >= 11 is 1.69. The maximum absolute atomic E-state index is 13.9. The van der Waals surface area contributed by atoms with Crippen molar-refractivity contribution in [3.63, 3.8) is 0 Å². The predicted molar refractivity (Wildman–Crippen MR) is 180 cm³/mol. The molecule has 2 N–H and O–H groups in total. The molecule has 5 atom stereocenters. The van der Waals surface area contributed by atoms with Gasteiger partial charge in [0.05, 0.1) is 23.8 Å². The molecular formula is C37H54N2O4S. The molecule has 1 saturated heterocycles. The van der Waals surface area contributed by atoms with E-state index in [2.05, 4.69) is 63.9 Å². The van der Waals surface area contributed by atoms with E-state index in [4.69, 9.17) is 4.74 Å². The molecular weight excluding hydrogens is 568 g/mol. The number of carbonyl (C=O) groups excluding carboxylic acids is 2. The van der Waals surface area contributed by atoms with Gasteiger partial charge in [-0.15, -0.1) is 11.8 Å². The first-order chi connectivity index (χ1) is 20.7. The minimum absolute atomic E-state index is 0.0740. The predicted octanol–water partition coefficient (Wildman–Crippen LogP) is 7.66. The summed E-state index contributed by atoms with van der Waals surface area (Å²) in [6.45, 7) is 15.8. The summed E-state index contributed by atoms with van der Waals surface area (Å²) in [5.41, 5.74) is 0.477. The third-order valence-electron chi connectivity index (χ3n) is 8.99. The summed E-state index contributed by atoms with van der Waals surface area (Å²) in [6, 6.07) is 14.8. The monoisotopic (exact) mass is 622 g/mol. The zero-order chi connectivity index (χ0) is 32.1. The van der Waals surface area contributed by atoms with Crippen LogP contribution in [0.15, 0.2) is 53.4 Å². The van der Waals surface area contributed by atoms with Crippen LogP contribution in [-0.4, -0.2) is 64.3 Å². The molecule has 6 nitrogen and oxygen atoms in total. The highest BCUT2D eigenvalue weighted by molar-refractivity contribution is 7.99. The molecule has 0 bridgehead atoms. The van der Waals surface area contributed by atoms with Crippen LogP contribution in [0.5, 0.6) is 5.75 Å². The van der Waals surface area contributed by atoms with Gasteiger partial charge in [-0.05, 0) is 82.1 Å². The summed E-state index contributed by atoms with van der Waals surface area (Å²) in [5.74, 6) is 2.00. The number of amides is 1. The average molecular weight is 623 g/mol. The molecule has 44 heavy (non-hydrogen) atoms. The van der Waals surface area contributed by atoms with Crippen molar-refractivity contribution < 1.29 is 19.4 Å². The topological polar surface area (TPSA) is 78.9 Å². The van der Waals surface area contributed by atoms with E-state index in [0.717, 1.165) is 17.9 Å². The van der Waals surface area contributed by atoms with Crippen molar-refractivity contribution in [3.05, 3.63) is 59.7 Å². The number of ketones is 1. The average Bonchev–Trinajstić information content (AvgIpc) is 2.94. The SMILES string of the molecule is Cc1c(O)cccc1C(=O)N[C@@H](CSc1ccccc1)[C@@H](CN1C[C@H]2CCCC[C@H]2C[C@H]1C(=O)CC(C)(C)C)OC(C)(C)C. The number of hydrogen-bond acceptors (Lipinski definition) is 6. The fraction of sp³-hybridized carbons (Fsp3) is 0.622. The number of ether oxygens (including phenoxy) is 1. The second-order valence-electron chi connectivity index (χ2n) is 15.1. The lowest BCUT2D eigenvalue weighted by Gasteiger charge is -2.48. The number of thioether (sulfide) groups is 1. The fourth-order valence-electron chi connectivity index (χ4n) is 6.87. The number of phenols is 1. The largest absolute Gasteiger partial charge is 0.508 e. The van der Waals surface area contributed by atoms with Gasteiger partial charge >= 0.3 is 0 Å². The molecule has 1 saturated carbocycles. The van der Waals surface area contributed by atoms with E-state index in [1.54, 1.807) is 36.9 Å². The quantitative estimate of drug-likeness (QED) is 0.251. The van der Waals surface area contributed by atoms with Crippen molar-refractivity contribution >= 4 is 23.5 Å². The highest BCUT2D eigenvalue weighted by Crippen LogP contribution is 2.40. The van der Waals surface area contributed by atoms with Crippen molar-refractivity contribution in [2.45, 2.75) is 116 Å².